The summed E-state index contributed by atoms with van der Waals surface area (Å²) in [6, 6.07) is 12.9. The van der Waals surface area contributed by atoms with Crippen LogP contribution in [0.25, 0.3) is 0 Å². The molecule has 110 valence electrons. The first kappa shape index (κ1) is 14.2. The lowest BCUT2D eigenvalue weighted by Crippen LogP contribution is -2.17. The predicted octanol–water partition coefficient (Wildman–Crippen LogP) is 4.69. The molecule has 2 aromatic carbocycles. The zero-order valence-corrected chi connectivity index (χ0v) is 12.5. The summed E-state index contributed by atoms with van der Waals surface area (Å²) in [5.41, 5.74) is 3.21. The lowest BCUT2D eigenvalue weighted by Gasteiger charge is -2.18. The molecule has 0 atom stereocenters. The number of nitrogens with zero attached hydrogens (tertiary/aromatic N) is 1. The van der Waals surface area contributed by atoms with Crippen molar-refractivity contribution in [1.29, 1.82) is 0 Å². The van der Waals surface area contributed by atoms with E-state index in [0.29, 0.717) is 11.6 Å². The normalized spacial score (nSPS) is 14.5. The Morgan fingerprint density at radius 2 is 1.76 bits per heavy atom. The van der Waals surface area contributed by atoms with Crippen LogP contribution in [-0.2, 0) is 6.54 Å². The standard InChI is InChI=1S/C17H18ClFN2/c18-17-11-14(19)4-3-13(17)12-20-15-5-7-16(8-6-15)21-9-1-2-10-21/h3-8,11,20H,1-2,9-10,12H2. The van der Waals surface area contributed by atoms with Crippen LogP contribution in [-0.4, -0.2) is 13.1 Å². The molecule has 4 heteroatoms. The highest BCUT2D eigenvalue weighted by molar-refractivity contribution is 6.31. The second-order valence-corrected chi connectivity index (χ2v) is 5.74. The Hall–Kier alpha value is -1.74. The molecule has 1 aliphatic rings. The maximum Gasteiger partial charge on any atom is 0.124 e. The summed E-state index contributed by atoms with van der Waals surface area (Å²) < 4.78 is 13.0. The van der Waals surface area contributed by atoms with E-state index in [0.717, 1.165) is 24.3 Å². The van der Waals surface area contributed by atoms with Gasteiger partial charge in [0, 0.05) is 36.0 Å². The number of halogens is 2. The zero-order chi connectivity index (χ0) is 14.7. The minimum Gasteiger partial charge on any atom is -0.381 e. The summed E-state index contributed by atoms with van der Waals surface area (Å²) in [4.78, 5) is 2.40. The van der Waals surface area contributed by atoms with E-state index in [1.165, 1.54) is 30.7 Å². The quantitative estimate of drug-likeness (QED) is 0.881. The predicted molar refractivity (Wildman–Crippen MR) is 86.6 cm³/mol. The molecular formula is C17H18ClFN2. The molecule has 0 amide bonds. The number of hydrogen-bond acceptors (Lipinski definition) is 2. The third-order valence-electron chi connectivity index (χ3n) is 3.84. The molecule has 0 spiro atoms. The number of hydrogen-bond donors (Lipinski definition) is 1. The van der Waals surface area contributed by atoms with Gasteiger partial charge in [-0.15, -0.1) is 0 Å². The molecule has 1 saturated heterocycles. The van der Waals surface area contributed by atoms with Gasteiger partial charge in [-0.05, 0) is 54.8 Å². The van der Waals surface area contributed by atoms with Crippen molar-refractivity contribution in [3.63, 3.8) is 0 Å². The monoisotopic (exact) mass is 304 g/mol. The molecule has 2 aromatic rings. The van der Waals surface area contributed by atoms with E-state index in [9.17, 15) is 4.39 Å². The van der Waals surface area contributed by atoms with Gasteiger partial charge >= 0.3 is 0 Å². The summed E-state index contributed by atoms with van der Waals surface area (Å²) >= 11 is 6.02. The third kappa shape index (κ3) is 3.48. The Kier molecular flexibility index (Phi) is 4.30. The van der Waals surface area contributed by atoms with Crippen LogP contribution >= 0.6 is 11.6 Å². The van der Waals surface area contributed by atoms with Gasteiger partial charge in [-0.25, -0.2) is 4.39 Å². The van der Waals surface area contributed by atoms with Crippen LogP contribution in [0.15, 0.2) is 42.5 Å². The van der Waals surface area contributed by atoms with Gasteiger partial charge in [0.1, 0.15) is 5.82 Å². The van der Waals surface area contributed by atoms with Crippen molar-refractivity contribution in [3.05, 3.63) is 58.9 Å². The average Bonchev–Trinajstić information content (AvgIpc) is 3.01. The van der Waals surface area contributed by atoms with Gasteiger partial charge in [-0.2, -0.15) is 0 Å². The molecule has 1 N–H and O–H groups in total. The maximum absolute atomic E-state index is 13.0. The van der Waals surface area contributed by atoms with Crippen molar-refractivity contribution < 1.29 is 4.39 Å². The Labute approximate surface area is 129 Å². The van der Waals surface area contributed by atoms with Crippen LogP contribution in [0.3, 0.4) is 0 Å². The Balaban J connectivity index is 1.62. The summed E-state index contributed by atoms with van der Waals surface area (Å²) in [6.45, 7) is 2.89. The largest absolute Gasteiger partial charge is 0.381 e. The van der Waals surface area contributed by atoms with E-state index in [2.05, 4.69) is 34.5 Å². The van der Waals surface area contributed by atoms with Crippen LogP contribution in [0, 0.1) is 5.82 Å². The van der Waals surface area contributed by atoms with Gasteiger partial charge in [0.15, 0.2) is 0 Å². The summed E-state index contributed by atoms with van der Waals surface area (Å²) in [6.07, 6.45) is 2.56. The van der Waals surface area contributed by atoms with Gasteiger partial charge in [-0.3, -0.25) is 0 Å². The molecule has 21 heavy (non-hydrogen) atoms. The zero-order valence-electron chi connectivity index (χ0n) is 11.8. The van der Waals surface area contributed by atoms with Crippen molar-refractivity contribution >= 4 is 23.0 Å². The van der Waals surface area contributed by atoms with E-state index in [1.54, 1.807) is 6.07 Å². The smallest absolute Gasteiger partial charge is 0.124 e. The van der Waals surface area contributed by atoms with Gasteiger partial charge in [0.05, 0.1) is 0 Å². The minimum atomic E-state index is -0.307. The Morgan fingerprint density at radius 1 is 1.05 bits per heavy atom. The van der Waals surface area contributed by atoms with Crippen molar-refractivity contribution in [3.8, 4) is 0 Å². The summed E-state index contributed by atoms with van der Waals surface area (Å²) in [7, 11) is 0. The summed E-state index contributed by atoms with van der Waals surface area (Å²) in [5, 5.41) is 3.77. The molecule has 0 radical (unpaired) electrons. The first-order valence-corrected chi connectivity index (χ1v) is 7.63. The molecule has 0 unspecified atom stereocenters. The van der Waals surface area contributed by atoms with Crippen LogP contribution in [0.4, 0.5) is 15.8 Å². The van der Waals surface area contributed by atoms with Crippen LogP contribution in [0.2, 0.25) is 5.02 Å². The molecule has 0 bridgehead atoms. The molecule has 0 saturated carbocycles. The van der Waals surface area contributed by atoms with Gasteiger partial charge in [0.25, 0.3) is 0 Å². The first-order valence-electron chi connectivity index (χ1n) is 7.25. The highest BCUT2D eigenvalue weighted by Crippen LogP contribution is 2.23. The SMILES string of the molecule is Fc1ccc(CNc2ccc(N3CCCC3)cc2)c(Cl)c1. The van der Waals surface area contributed by atoms with Crippen LogP contribution < -0.4 is 10.2 Å². The minimum absolute atomic E-state index is 0.307. The molecular weight excluding hydrogens is 287 g/mol. The second kappa shape index (κ2) is 6.35. The molecule has 1 fully saturated rings. The van der Waals surface area contributed by atoms with Crippen LogP contribution in [0.1, 0.15) is 18.4 Å². The lowest BCUT2D eigenvalue weighted by atomic mass is 10.2. The topological polar surface area (TPSA) is 15.3 Å². The van der Waals surface area contributed by atoms with Crippen molar-refractivity contribution in [2.45, 2.75) is 19.4 Å². The molecule has 1 heterocycles. The number of anilines is 2. The van der Waals surface area contributed by atoms with E-state index in [4.69, 9.17) is 11.6 Å². The maximum atomic E-state index is 13.0. The molecule has 1 aliphatic heterocycles. The Bertz CT molecular complexity index is 607. The highest BCUT2D eigenvalue weighted by atomic mass is 35.5. The fourth-order valence-corrected chi connectivity index (χ4v) is 2.86. The molecule has 3 rings (SSSR count). The van der Waals surface area contributed by atoms with E-state index in [-0.39, 0.29) is 5.82 Å². The molecule has 0 aliphatic carbocycles. The fraction of sp³-hybridized carbons (Fsp3) is 0.294. The van der Waals surface area contributed by atoms with Crippen molar-refractivity contribution in [1.82, 2.24) is 0 Å². The number of benzene rings is 2. The first-order chi connectivity index (χ1) is 10.2. The number of rotatable bonds is 4. The van der Waals surface area contributed by atoms with Gasteiger partial charge < -0.3 is 10.2 Å². The molecule has 0 aromatic heterocycles. The average molecular weight is 305 g/mol. The van der Waals surface area contributed by atoms with Crippen molar-refractivity contribution in [2.24, 2.45) is 0 Å². The number of nitrogens with one attached hydrogen (secondary N) is 1. The van der Waals surface area contributed by atoms with Crippen molar-refractivity contribution in [2.75, 3.05) is 23.3 Å². The second-order valence-electron chi connectivity index (χ2n) is 5.33. The third-order valence-corrected chi connectivity index (χ3v) is 4.19. The van der Waals surface area contributed by atoms with E-state index in [1.807, 2.05) is 0 Å². The lowest BCUT2D eigenvalue weighted by molar-refractivity contribution is 0.627. The van der Waals surface area contributed by atoms with E-state index < -0.39 is 0 Å². The summed E-state index contributed by atoms with van der Waals surface area (Å²) in [5.74, 6) is -0.307. The van der Waals surface area contributed by atoms with Gasteiger partial charge in [0.2, 0.25) is 0 Å². The van der Waals surface area contributed by atoms with E-state index >= 15 is 0 Å². The van der Waals surface area contributed by atoms with Gasteiger partial charge in [-0.1, -0.05) is 17.7 Å². The fourth-order valence-electron chi connectivity index (χ4n) is 2.63. The van der Waals surface area contributed by atoms with Crippen LogP contribution in [0.5, 0.6) is 0 Å². The Morgan fingerprint density at radius 3 is 2.43 bits per heavy atom. The highest BCUT2D eigenvalue weighted by Gasteiger charge is 2.11. The molecule has 2 nitrogen and oxygen atoms in total.